The highest BCUT2D eigenvalue weighted by Gasteiger charge is 2.12. The summed E-state index contributed by atoms with van der Waals surface area (Å²) in [5, 5.41) is 7.01. The summed E-state index contributed by atoms with van der Waals surface area (Å²) in [6.45, 7) is 2.52. The van der Waals surface area contributed by atoms with Gasteiger partial charge in [-0.2, -0.15) is 5.10 Å². The lowest BCUT2D eigenvalue weighted by Gasteiger charge is -2.11. The van der Waals surface area contributed by atoms with E-state index < -0.39 is 0 Å². The third-order valence-corrected chi connectivity index (χ3v) is 4.58. The van der Waals surface area contributed by atoms with Crippen molar-refractivity contribution in [2.75, 3.05) is 6.54 Å². The van der Waals surface area contributed by atoms with Crippen molar-refractivity contribution in [2.45, 2.75) is 20.0 Å². The largest absolute Gasteiger partial charge is 0.488 e. The van der Waals surface area contributed by atoms with Gasteiger partial charge in [-0.15, -0.1) is 0 Å². The molecule has 0 aliphatic heterocycles. The van der Waals surface area contributed by atoms with E-state index in [1.165, 1.54) is 0 Å². The Hall–Kier alpha value is -3.93. The molecular weight excluding hydrogens is 390 g/mol. The monoisotopic (exact) mass is 415 g/mol. The van der Waals surface area contributed by atoms with Gasteiger partial charge in [0.25, 0.3) is 11.8 Å². The molecule has 6 heteroatoms. The SMILES string of the molecule is CCC(CNC(=O)c1ccccc1)=NNC(=O)c1ccccc1OCc1ccccc1. The van der Waals surface area contributed by atoms with E-state index in [1.54, 1.807) is 42.5 Å². The molecule has 0 unspecified atom stereocenters. The van der Waals surface area contributed by atoms with Crippen LogP contribution >= 0.6 is 0 Å². The maximum atomic E-state index is 12.7. The van der Waals surface area contributed by atoms with Gasteiger partial charge in [0, 0.05) is 5.56 Å². The zero-order valence-corrected chi connectivity index (χ0v) is 17.4. The Kier molecular flexibility index (Phi) is 7.94. The Morgan fingerprint density at radius 1 is 0.839 bits per heavy atom. The molecule has 158 valence electrons. The van der Waals surface area contributed by atoms with E-state index in [0.29, 0.717) is 35.6 Å². The molecule has 0 aliphatic rings. The number of carbonyl (C=O) groups is 2. The maximum Gasteiger partial charge on any atom is 0.275 e. The lowest BCUT2D eigenvalue weighted by atomic mass is 10.2. The van der Waals surface area contributed by atoms with Gasteiger partial charge < -0.3 is 10.1 Å². The third-order valence-electron chi connectivity index (χ3n) is 4.58. The number of nitrogens with zero attached hydrogens (tertiary/aromatic N) is 1. The van der Waals surface area contributed by atoms with Crippen LogP contribution in [0, 0.1) is 0 Å². The molecule has 3 aromatic rings. The van der Waals surface area contributed by atoms with Gasteiger partial charge in [-0.25, -0.2) is 5.43 Å². The summed E-state index contributed by atoms with van der Waals surface area (Å²) in [4.78, 5) is 24.9. The van der Waals surface area contributed by atoms with Crippen molar-refractivity contribution in [2.24, 2.45) is 5.10 Å². The van der Waals surface area contributed by atoms with E-state index in [-0.39, 0.29) is 18.4 Å². The highest BCUT2D eigenvalue weighted by molar-refractivity contribution is 5.99. The van der Waals surface area contributed by atoms with E-state index in [4.69, 9.17) is 4.74 Å². The van der Waals surface area contributed by atoms with Gasteiger partial charge >= 0.3 is 0 Å². The van der Waals surface area contributed by atoms with E-state index in [9.17, 15) is 9.59 Å². The maximum absolute atomic E-state index is 12.7. The number of hydrogen-bond acceptors (Lipinski definition) is 4. The molecule has 0 saturated carbocycles. The van der Waals surface area contributed by atoms with Crippen molar-refractivity contribution in [1.29, 1.82) is 0 Å². The first-order valence-corrected chi connectivity index (χ1v) is 10.1. The number of rotatable bonds is 9. The number of hydrogen-bond donors (Lipinski definition) is 2. The van der Waals surface area contributed by atoms with Crippen LogP contribution < -0.4 is 15.5 Å². The first-order chi connectivity index (χ1) is 15.2. The smallest absolute Gasteiger partial charge is 0.275 e. The fourth-order valence-electron chi connectivity index (χ4n) is 2.82. The van der Waals surface area contributed by atoms with Crippen molar-refractivity contribution in [3.63, 3.8) is 0 Å². The molecule has 31 heavy (non-hydrogen) atoms. The molecule has 0 saturated heterocycles. The van der Waals surface area contributed by atoms with Gasteiger partial charge in [-0.05, 0) is 36.2 Å². The summed E-state index contributed by atoms with van der Waals surface area (Å²) in [6.07, 6.45) is 0.585. The van der Waals surface area contributed by atoms with Crippen LogP contribution in [0.4, 0.5) is 0 Å². The van der Waals surface area contributed by atoms with Crippen LogP contribution in [0.1, 0.15) is 39.6 Å². The Labute approximate surface area is 182 Å². The molecular formula is C25H25N3O3. The fraction of sp³-hybridized carbons (Fsp3) is 0.160. The zero-order valence-electron chi connectivity index (χ0n) is 17.4. The van der Waals surface area contributed by atoms with Gasteiger partial charge in [0.1, 0.15) is 12.4 Å². The van der Waals surface area contributed by atoms with Gasteiger partial charge in [0.15, 0.2) is 0 Å². The highest BCUT2D eigenvalue weighted by Crippen LogP contribution is 2.19. The van der Waals surface area contributed by atoms with Crippen molar-refractivity contribution in [1.82, 2.24) is 10.7 Å². The van der Waals surface area contributed by atoms with E-state index in [1.807, 2.05) is 49.4 Å². The number of nitrogens with one attached hydrogen (secondary N) is 2. The number of amides is 2. The molecule has 0 radical (unpaired) electrons. The topological polar surface area (TPSA) is 79.8 Å². The summed E-state index contributed by atoms with van der Waals surface area (Å²) in [7, 11) is 0. The molecule has 6 nitrogen and oxygen atoms in total. The van der Waals surface area contributed by atoms with Gasteiger partial charge in [-0.1, -0.05) is 67.6 Å². The molecule has 2 amide bonds. The number of carbonyl (C=O) groups excluding carboxylic acids is 2. The average molecular weight is 415 g/mol. The molecule has 0 fully saturated rings. The molecule has 0 spiro atoms. The van der Waals surface area contributed by atoms with Crippen molar-refractivity contribution in [3.05, 3.63) is 102 Å². The Morgan fingerprint density at radius 2 is 1.48 bits per heavy atom. The molecule has 2 N–H and O–H groups in total. The predicted octanol–water partition coefficient (Wildman–Crippen LogP) is 4.19. The number of para-hydroxylation sites is 1. The Morgan fingerprint density at radius 3 is 2.19 bits per heavy atom. The standard InChI is InChI=1S/C25H25N3O3/c1-2-21(17-26-24(29)20-13-7-4-8-14-20)27-28-25(30)22-15-9-10-16-23(22)31-18-19-11-5-3-6-12-19/h3-16H,2,17-18H2,1H3,(H,26,29)(H,28,30). The van der Waals surface area contributed by atoms with E-state index >= 15 is 0 Å². The third kappa shape index (κ3) is 6.54. The minimum absolute atomic E-state index is 0.187. The van der Waals surface area contributed by atoms with Crippen molar-refractivity contribution >= 4 is 17.5 Å². The second kappa shape index (κ2) is 11.3. The minimum Gasteiger partial charge on any atom is -0.488 e. The summed E-state index contributed by atoms with van der Waals surface area (Å²) in [5.74, 6) is -0.0776. The van der Waals surface area contributed by atoms with Gasteiger partial charge in [0.05, 0.1) is 17.8 Å². The summed E-state index contributed by atoms with van der Waals surface area (Å²) < 4.78 is 5.84. The molecule has 3 rings (SSSR count). The van der Waals surface area contributed by atoms with E-state index in [0.717, 1.165) is 5.56 Å². The van der Waals surface area contributed by atoms with Crippen LogP contribution in [0.5, 0.6) is 5.75 Å². The highest BCUT2D eigenvalue weighted by atomic mass is 16.5. The summed E-state index contributed by atoms with van der Waals surface area (Å²) >= 11 is 0. The quantitative estimate of drug-likeness (QED) is 0.406. The van der Waals surface area contributed by atoms with Crippen molar-refractivity contribution < 1.29 is 14.3 Å². The first-order valence-electron chi connectivity index (χ1n) is 10.1. The van der Waals surface area contributed by atoms with E-state index in [2.05, 4.69) is 15.8 Å². The number of hydrazone groups is 1. The number of benzene rings is 3. The van der Waals surface area contributed by atoms with Crippen molar-refractivity contribution in [3.8, 4) is 5.75 Å². The van der Waals surface area contributed by atoms with Gasteiger partial charge in [-0.3, -0.25) is 9.59 Å². The summed E-state index contributed by atoms with van der Waals surface area (Å²) in [6, 6.07) is 25.7. The second-order valence-corrected chi connectivity index (χ2v) is 6.79. The molecule has 3 aromatic carbocycles. The Bertz CT molecular complexity index is 1030. The molecule has 0 bridgehead atoms. The molecule has 0 aromatic heterocycles. The molecule has 0 atom stereocenters. The summed E-state index contributed by atoms with van der Waals surface area (Å²) in [5.41, 5.74) is 5.20. The zero-order chi connectivity index (χ0) is 21.9. The van der Waals surface area contributed by atoms with Crippen LogP contribution in [0.2, 0.25) is 0 Å². The normalized spacial score (nSPS) is 10.9. The molecule has 0 heterocycles. The van der Waals surface area contributed by atoms with Crippen LogP contribution in [0.15, 0.2) is 90.0 Å². The van der Waals surface area contributed by atoms with Crippen LogP contribution in [0.25, 0.3) is 0 Å². The van der Waals surface area contributed by atoms with Crippen LogP contribution in [-0.2, 0) is 6.61 Å². The minimum atomic E-state index is -0.371. The fourth-order valence-corrected chi connectivity index (χ4v) is 2.82. The van der Waals surface area contributed by atoms with Crippen LogP contribution in [-0.4, -0.2) is 24.1 Å². The lowest BCUT2D eigenvalue weighted by Crippen LogP contribution is -2.31. The predicted molar refractivity (Wildman–Crippen MR) is 121 cm³/mol. The second-order valence-electron chi connectivity index (χ2n) is 6.79. The Balaban J connectivity index is 1.59. The van der Waals surface area contributed by atoms with Crippen LogP contribution in [0.3, 0.4) is 0 Å². The van der Waals surface area contributed by atoms with Gasteiger partial charge in [0.2, 0.25) is 0 Å². The average Bonchev–Trinajstić information content (AvgIpc) is 2.84. The molecule has 0 aliphatic carbocycles. The first kappa shape index (κ1) is 21.8. The lowest BCUT2D eigenvalue weighted by molar-refractivity contribution is 0.0948. The number of ether oxygens (including phenoxy) is 1.